The molecule has 0 spiro atoms. The highest BCUT2D eigenvalue weighted by Gasteiger charge is 2.46. The molecular formula is C9H14NO2+. The van der Waals surface area contributed by atoms with E-state index in [1.807, 2.05) is 5.32 Å². The Labute approximate surface area is 71.8 Å². The molecule has 0 unspecified atom stereocenters. The number of carboxylic acids is 1. The molecule has 1 aliphatic rings. The predicted octanol–water partition coefficient (Wildman–Crippen LogP) is -0.0924. The Morgan fingerprint density at radius 3 is 2.58 bits per heavy atom. The lowest BCUT2D eigenvalue weighted by molar-refractivity contribution is -0.705. The van der Waals surface area contributed by atoms with Gasteiger partial charge in [0, 0.05) is 12.8 Å². The van der Waals surface area contributed by atoms with E-state index in [0.29, 0.717) is 6.42 Å². The number of carboxylic acid groups (broad SMARTS) is 1. The molecule has 0 aromatic heterocycles. The molecule has 1 fully saturated rings. The largest absolute Gasteiger partial charge is 0.476 e. The summed E-state index contributed by atoms with van der Waals surface area (Å²) in [5.41, 5.74) is -0.807. The highest BCUT2D eigenvalue weighted by molar-refractivity contribution is 5.79. The number of quaternary nitrogens is 1. The number of nitrogens with two attached hydrogens (primary N) is 1. The molecule has 1 rings (SSSR count). The molecule has 0 radical (unpaired) electrons. The summed E-state index contributed by atoms with van der Waals surface area (Å²) in [6, 6.07) is 0.221. The molecule has 2 atom stereocenters. The molecule has 1 saturated heterocycles. The summed E-state index contributed by atoms with van der Waals surface area (Å²) < 4.78 is 0. The van der Waals surface area contributed by atoms with Gasteiger partial charge in [-0.05, 0) is 12.2 Å². The van der Waals surface area contributed by atoms with Gasteiger partial charge in [0.15, 0.2) is 0 Å². The zero-order valence-electron chi connectivity index (χ0n) is 6.99. The van der Waals surface area contributed by atoms with Crippen LogP contribution in [0.1, 0.15) is 12.8 Å². The summed E-state index contributed by atoms with van der Waals surface area (Å²) in [4.78, 5) is 10.9. The van der Waals surface area contributed by atoms with Crippen molar-refractivity contribution in [1.82, 2.24) is 0 Å². The van der Waals surface area contributed by atoms with Gasteiger partial charge in [-0.3, -0.25) is 0 Å². The molecule has 12 heavy (non-hydrogen) atoms. The molecule has 0 saturated carbocycles. The van der Waals surface area contributed by atoms with E-state index >= 15 is 0 Å². The van der Waals surface area contributed by atoms with E-state index in [0.717, 1.165) is 6.42 Å². The Morgan fingerprint density at radius 2 is 2.33 bits per heavy atom. The molecule has 66 valence electrons. The van der Waals surface area contributed by atoms with E-state index in [4.69, 9.17) is 5.11 Å². The zero-order valence-corrected chi connectivity index (χ0v) is 6.99. The minimum absolute atomic E-state index is 0.221. The molecule has 3 heteroatoms. The number of hydrogen-bond donors (Lipinski definition) is 2. The Hall–Kier alpha value is -1.09. The molecular weight excluding hydrogens is 154 g/mol. The Balaban J connectivity index is 2.78. The summed E-state index contributed by atoms with van der Waals surface area (Å²) in [5.74, 6) is -0.804. The van der Waals surface area contributed by atoms with Gasteiger partial charge in [0.25, 0.3) is 0 Å². The van der Waals surface area contributed by atoms with Crippen molar-refractivity contribution >= 4 is 5.97 Å². The first-order valence-electron chi connectivity index (χ1n) is 4.00. The molecule has 0 bridgehead atoms. The predicted molar refractivity (Wildman–Crippen MR) is 45.7 cm³/mol. The van der Waals surface area contributed by atoms with E-state index < -0.39 is 11.5 Å². The lowest BCUT2D eigenvalue weighted by Crippen LogP contribution is -2.98. The fourth-order valence-corrected chi connectivity index (χ4v) is 1.58. The van der Waals surface area contributed by atoms with Crippen LogP contribution in [0.5, 0.6) is 0 Å². The van der Waals surface area contributed by atoms with E-state index in [1.165, 1.54) is 6.08 Å². The van der Waals surface area contributed by atoms with Crippen LogP contribution >= 0.6 is 0 Å². The molecule has 0 aliphatic carbocycles. The molecule has 0 aromatic rings. The van der Waals surface area contributed by atoms with Crippen LogP contribution in [0.15, 0.2) is 25.3 Å². The van der Waals surface area contributed by atoms with Gasteiger partial charge in [-0.1, -0.05) is 13.2 Å². The fourth-order valence-electron chi connectivity index (χ4n) is 1.58. The normalized spacial score (nSPS) is 34.5. The lowest BCUT2D eigenvalue weighted by Gasteiger charge is -2.16. The summed E-state index contributed by atoms with van der Waals surface area (Å²) in [5, 5.41) is 10.8. The van der Waals surface area contributed by atoms with Gasteiger partial charge >= 0.3 is 5.97 Å². The molecule has 0 amide bonds. The second-order valence-electron chi connectivity index (χ2n) is 3.15. The van der Waals surface area contributed by atoms with E-state index in [9.17, 15) is 4.79 Å². The quantitative estimate of drug-likeness (QED) is 0.578. The van der Waals surface area contributed by atoms with Gasteiger partial charge in [0.05, 0.1) is 0 Å². The Morgan fingerprint density at radius 1 is 1.67 bits per heavy atom. The first-order chi connectivity index (χ1) is 5.64. The van der Waals surface area contributed by atoms with Gasteiger partial charge in [-0.15, -0.1) is 0 Å². The monoisotopic (exact) mass is 168 g/mol. The maximum absolute atomic E-state index is 10.9. The second kappa shape index (κ2) is 3.11. The Kier molecular flexibility index (Phi) is 2.33. The average molecular weight is 168 g/mol. The van der Waals surface area contributed by atoms with Gasteiger partial charge in [-0.25, -0.2) is 4.79 Å². The number of aliphatic carboxylic acids is 1. The van der Waals surface area contributed by atoms with Crippen LogP contribution in [0.2, 0.25) is 0 Å². The SMILES string of the molecule is C=C[C@@H]1CC[C@@](C=C)(C(=O)O)[NH2+]1. The first kappa shape index (κ1) is 9.00. The molecule has 1 heterocycles. The van der Waals surface area contributed by atoms with Crippen LogP contribution < -0.4 is 5.32 Å². The molecule has 3 N–H and O–H groups in total. The van der Waals surface area contributed by atoms with Gasteiger partial charge in [0.1, 0.15) is 6.04 Å². The van der Waals surface area contributed by atoms with Crippen molar-refractivity contribution in [3.63, 3.8) is 0 Å². The topological polar surface area (TPSA) is 53.9 Å². The number of hydrogen-bond acceptors (Lipinski definition) is 1. The minimum atomic E-state index is -0.807. The fraction of sp³-hybridized carbons (Fsp3) is 0.444. The second-order valence-corrected chi connectivity index (χ2v) is 3.15. The maximum Gasteiger partial charge on any atom is 0.369 e. The van der Waals surface area contributed by atoms with Gasteiger partial charge < -0.3 is 10.4 Å². The van der Waals surface area contributed by atoms with Crippen LogP contribution in [0.25, 0.3) is 0 Å². The lowest BCUT2D eigenvalue weighted by atomic mass is 9.98. The summed E-state index contributed by atoms with van der Waals surface area (Å²) >= 11 is 0. The standard InChI is InChI=1S/C9H13NO2/c1-3-7-5-6-9(4-2,10-7)8(11)12/h3-4,7,10H,1-2,5-6H2,(H,11,12)/p+1/t7-,9+/m1/s1. The van der Waals surface area contributed by atoms with Crippen LogP contribution in [-0.2, 0) is 4.79 Å². The highest BCUT2D eigenvalue weighted by atomic mass is 16.4. The van der Waals surface area contributed by atoms with E-state index in [1.54, 1.807) is 6.08 Å². The third kappa shape index (κ3) is 1.28. The van der Waals surface area contributed by atoms with Crippen molar-refractivity contribution in [2.24, 2.45) is 0 Å². The smallest absolute Gasteiger partial charge is 0.369 e. The molecule has 0 aromatic carbocycles. The van der Waals surface area contributed by atoms with Crippen molar-refractivity contribution in [2.75, 3.05) is 0 Å². The Bertz CT molecular complexity index is 225. The van der Waals surface area contributed by atoms with E-state index in [2.05, 4.69) is 13.2 Å². The van der Waals surface area contributed by atoms with Crippen molar-refractivity contribution < 1.29 is 15.2 Å². The van der Waals surface area contributed by atoms with Crippen LogP contribution in [0.4, 0.5) is 0 Å². The highest BCUT2D eigenvalue weighted by Crippen LogP contribution is 2.17. The maximum atomic E-state index is 10.9. The first-order valence-corrected chi connectivity index (χ1v) is 4.00. The third-order valence-corrected chi connectivity index (χ3v) is 2.47. The van der Waals surface area contributed by atoms with Crippen molar-refractivity contribution in [3.05, 3.63) is 25.3 Å². The van der Waals surface area contributed by atoms with Crippen LogP contribution in [-0.4, -0.2) is 22.7 Å². The van der Waals surface area contributed by atoms with E-state index in [-0.39, 0.29) is 6.04 Å². The van der Waals surface area contributed by atoms with Crippen LogP contribution in [0.3, 0.4) is 0 Å². The average Bonchev–Trinajstić information content (AvgIpc) is 2.48. The van der Waals surface area contributed by atoms with Crippen LogP contribution in [0, 0.1) is 0 Å². The summed E-state index contributed by atoms with van der Waals surface area (Å²) in [7, 11) is 0. The zero-order chi connectivity index (χ0) is 9.19. The molecule has 1 aliphatic heterocycles. The summed E-state index contributed by atoms with van der Waals surface area (Å²) in [6.45, 7) is 7.20. The van der Waals surface area contributed by atoms with Crippen molar-refractivity contribution in [2.45, 2.75) is 24.4 Å². The van der Waals surface area contributed by atoms with Crippen molar-refractivity contribution in [3.8, 4) is 0 Å². The minimum Gasteiger partial charge on any atom is -0.476 e. The third-order valence-electron chi connectivity index (χ3n) is 2.47. The number of rotatable bonds is 3. The van der Waals surface area contributed by atoms with Crippen molar-refractivity contribution in [1.29, 1.82) is 0 Å². The van der Waals surface area contributed by atoms with Gasteiger partial charge in [0.2, 0.25) is 5.54 Å². The van der Waals surface area contributed by atoms with Gasteiger partial charge in [-0.2, -0.15) is 0 Å². The molecule has 3 nitrogen and oxygen atoms in total. The summed E-state index contributed by atoms with van der Waals surface area (Å²) in [6.07, 6.45) is 4.80. The number of carbonyl (C=O) groups is 1.